The molecule has 0 heterocycles. The summed E-state index contributed by atoms with van der Waals surface area (Å²) in [6, 6.07) is 5.25. The Morgan fingerprint density at radius 2 is 2.18 bits per heavy atom. The molecule has 4 heteroatoms. The minimum atomic E-state index is -0.0306. The van der Waals surface area contributed by atoms with Crippen LogP contribution < -0.4 is 0 Å². The molecule has 0 fully saturated rings. The Labute approximate surface area is 85.9 Å². The number of hydrogen-bond donors (Lipinski definition) is 0. The smallest absolute Gasteiger partial charge is 0.179 e. The summed E-state index contributed by atoms with van der Waals surface area (Å²) in [5.41, 5.74) is 0.625. The van der Waals surface area contributed by atoms with E-state index >= 15 is 0 Å². The van der Waals surface area contributed by atoms with E-state index in [4.69, 9.17) is 11.6 Å². The number of rotatable bonds is 1. The summed E-state index contributed by atoms with van der Waals surface area (Å²) in [5, 5.41) is 0.594. The van der Waals surface area contributed by atoms with Gasteiger partial charge >= 0.3 is 0 Å². The molecule has 0 N–H and O–H groups in total. The normalized spacial score (nSPS) is 9.73. The second kappa shape index (κ2) is 3.83. The molecule has 1 unspecified atom stereocenters. The topological polar surface area (TPSA) is 17.1 Å². The van der Waals surface area contributed by atoms with Gasteiger partial charge in [-0.3, -0.25) is 4.79 Å². The van der Waals surface area contributed by atoms with Crippen molar-refractivity contribution in [2.45, 2.75) is 0 Å². The van der Waals surface area contributed by atoms with Gasteiger partial charge in [0.25, 0.3) is 0 Å². The first-order valence-electron chi connectivity index (χ1n) is 2.86. The highest BCUT2D eigenvalue weighted by Crippen LogP contribution is 2.19. The summed E-state index contributed by atoms with van der Waals surface area (Å²) < 4.78 is 0.923. The van der Waals surface area contributed by atoms with E-state index in [0.717, 1.165) is 3.57 Å². The molecular weight excluding hydrogens is 293 g/mol. The second-order valence-electron chi connectivity index (χ2n) is 1.99. The Morgan fingerprint density at radius 3 is 2.64 bits per heavy atom. The van der Waals surface area contributed by atoms with Crippen molar-refractivity contribution in [2.24, 2.45) is 0 Å². The first-order chi connectivity index (χ1) is 5.11. The van der Waals surface area contributed by atoms with Gasteiger partial charge in [0.15, 0.2) is 5.52 Å². The predicted octanol–water partition coefficient (Wildman–Crippen LogP) is 2.96. The highest BCUT2D eigenvalue weighted by Gasteiger charge is 2.04. The van der Waals surface area contributed by atoms with Crippen LogP contribution >= 0.6 is 43.4 Å². The summed E-state index contributed by atoms with van der Waals surface area (Å²) in [5.74, 6) is 0. The van der Waals surface area contributed by atoms with Crippen molar-refractivity contribution < 1.29 is 4.79 Å². The first kappa shape index (κ1) is 9.43. The van der Waals surface area contributed by atoms with E-state index in [1.807, 2.05) is 6.07 Å². The summed E-state index contributed by atoms with van der Waals surface area (Å²) in [6.45, 7) is 0. The zero-order valence-electron chi connectivity index (χ0n) is 5.47. The lowest BCUT2D eigenvalue weighted by atomic mass is 10.2. The SMILES string of the molecule is O=C(P)c1cc(Cl)ccc1I. The Hall–Kier alpha value is 0.340. The van der Waals surface area contributed by atoms with Gasteiger partial charge in [0.05, 0.1) is 0 Å². The van der Waals surface area contributed by atoms with Gasteiger partial charge in [0, 0.05) is 14.2 Å². The van der Waals surface area contributed by atoms with Crippen molar-refractivity contribution in [3.63, 3.8) is 0 Å². The number of benzene rings is 1. The van der Waals surface area contributed by atoms with Crippen molar-refractivity contribution in [2.75, 3.05) is 0 Å². The Kier molecular flexibility index (Phi) is 3.29. The van der Waals surface area contributed by atoms with Crippen LogP contribution in [0.4, 0.5) is 0 Å². The van der Waals surface area contributed by atoms with Crippen LogP contribution in [0.15, 0.2) is 18.2 Å². The van der Waals surface area contributed by atoms with Crippen LogP contribution in [0, 0.1) is 3.57 Å². The van der Waals surface area contributed by atoms with Gasteiger partial charge in [-0.15, -0.1) is 0 Å². The van der Waals surface area contributed by atoms with Crippen LogP contribution in [-0.2, 0) is 0 Å². The molecule has 0 aliphatic carbocycles. The molecular formula is C7H5ClIOP. The van der Waals surface area contributed by atoms with E-state index in [0.29, 0.717) is 10.6 Å². The van der Waals surface area contributed by atoms with Gasteiger partial charge in [0.1, 0.15) is 0 Å². The van der Waals surface area contributed by atoms with Crippen LogP contribution in [0.2, 0.25) is 5.02 Å². The summed E-state index contributed by atoms with van der Waals surface area (Å²) in [4.78, 5) is 10.9. The zero-order valence-corrected chi connectivity index (χ0v) is 9.54. The number of carbonyl (C=O) groups excluding carboxylic acids is 1. The predicted molar refractivity (Wildman–Crippen MR) is 58.2 cm³/mol. The minimum Gasteiger partial charge on any atom is -0.290 e. The molecule has 0 aliphatic rings. The zero-order chi connectivity index (χ0) is 8.43. The number of hydrogen-bond acceptors (Lipinski definition) is 1. The van der Waals surface area contributed by atoms with Gasteiger partial charge in [-0.05, 0) is 40.8 Å². The fourth-order valence-corrected chi connectivity index (χ4v) is 1.99. The maximum atomic E-state index is 10.9. The lowest BCUT2D eigenvalue weighted by Crippen LogP contribution is -1.91. The maximum absolute atomic E-state index is 10.9. The quantitative estimate of drug-likeness (QED) is 0.575. The van der Waals surface area contributed by atoms with Crippen molar-refractivity contribution in [1.82, 2.24) is 0 Å². The monoisotopic (exact) mass is 298 g/mol. The molecule has 0 aromatic heterocycles. The maximum Gasteiger partial charge on any atom is 0.179 e. The molecule has 1 aromatic rings. The summed E-state index contributed by atoms with van der Waals surface area (Å²) >= 11 is 7.80. The molecule has 11 heavy (non-hydrogen) atoms. The van der Waals surface area contributed by atoms with Crippen LogP contribution in [-0.4, -0.2) is 5.52 Å². The molecule has 0 amide bonds. The highest BCUT2D eigenvalue weighted by molar-refractivity contribution is 14.1. The average molecular weight is 298 g/mol. The lowest BCUT2D eigenvalue weighted by molar-refractivity contribution is 0.108. The van der Waals surface area contributed by atoms with Gasteiger partial charge < -0.3 is 0 Å². The highest BCUT2D eigenvalue weighted by atomic mass is 127. The third-order valence-corrected chi connectivity index (χ3v) is 2.68. The van der Waals surface area contributed by atoms with Crippen molar-refractivity contribution in [1.29, 1.82) is 0 Å². The summed E-state index contributed by atoms with van der Waals surface area (Å²) in [6.07, 6.45) is 0. The molecule has 0 aliphatic heterocycles. The second-order valence-corrected chi connectivity index (χ2v) is 4.11. The van der Waals surface area contributed by atoms with Crippen molar-refractivity contribution >= 4 is 49.0 Å². The fraction of sp³-hybridized carbons (Fsp3) is 0. The average Bonchev–Trinajstić information content (AvgIpc) is 1.94. The standard InChI is InChI=1S/C7H5ClIOP/c8-4-1-2-6(9)5(3-4)7(10)11/h1-3H,11H2. The molecule has 0 radical (unpaired) electrons. The van der Waals surface area contributed by atoms with Gasteiger partial charge in [-0.25, -0.2) is 0 Å². The number of halogens is 2. The van der Waals surface area contributed by atoms with E-state index < -0.39 is 0 Å². The molecule has 1 atom stereocenters. The molecule has 0 bridgehead atoms. The Balaban J connectivity index is 3.23. The van der Waals surface area contributed by atoms with E-state index in [-0.39, 0.29) is 5.52 Å². The van der Waals surface area contributed by atoms with Crippen LogP contribution in [0.1, 0.15) is 10.4 Å². The molecule has 58 valence electrons. The van der Waals surface area contributed by atoms with Crippen LogP contribution in [0.3, 0.4) is 0 Å². The molecule has 0 spiro atoms. The third kappa shape index (κ3) is 2.39. The largest absolute Gasteiger partial charge is 0.290 e. The first-order valence-corrected chi connectivity index (χ1v) is 4.89. The van der Waals surface area contributed by atoms with Gasteiger partial charge in [0.2, 0.25) is 0 Å². The Morgan fingerprint density at radius 1 is 1.55 bits per heavy atom. The van der Waals surface area contributed by atoms with Crippen LogP contribution in [0.5, 0.6) is 0 Å². The molecule has 0 saturated heterocycles. The summed E-state index contributed by atoms with van der Waals surface area (Å²) in [7, 11) is 2.13. The number of carbonyl (C=O) groups is 1. The Bertz CT molecular complexity index is 300. The van der Waals surface area contributed by atoms with Gasteiger partial charge in [-0.2, -0.15) is 0 Å². The molecule has 0 saturated carbocycles. The van der Waals surface area contributed by atoms with E-state index in [1.54, 1.807) is 12.1 Å². The lowest BCUT2D eigenvalue weighted by Gasteiger charge is -1.98. The van der Waals surface area contributed by atoms with E-state index in [9.17, 15) is 4.79 Å². The minimum absolute atomic E-state index is 0.0306. The van der Waals surface area contributed by atoms with Gasteiger partial charge in [-0.1, -0.05) is 20.8 Å². The van der Waals surface area contributed by atoms with Crippen molar-refractivity contribution in [3.8, 4) is 0 Å². The molecule has 1 aromatic carbocycles. The molecule has 1 nitrogen and oxygen atoms in total. The van der Waals surface area contributed by atoms with Crippen molar-refractivity contribution in [3.05, 3.63) is 32.4 Å². The fourth-order valence-electron chi connectivity index (χ4n) is 0.686. The van der Waals surface area contributed by atoms with Crippen LogP contribution in [0.25, 0.3) is 0 Å². The molecule has 1 rings (SSSR count). The van der Waals surface area contributed by atoms with E-state index in [2.05, 4.69) is 31.8 Å². The third-order valence-electron chi connectivity index (χ3n) is 1.19. The van der Waals surface area contributed by atoms with E-state index in [1.165, 1.54) is 0 Å².